The predicted octanol–water partition coefficient (Wildman–Crippen LogP) is 5.02. The highest BCUT2D eigenvalue weighted by Crippen LogP contribution is 2.19. The summed E-state index contributed by atoms with van der Waals surface area (Å²) in [6.07, 6.45) is 1.68. The number of halogens is 1. The number of aromatic nitrogens is 3. The first-order valence-corrected chi connectivity index (χ1v) is 10.8. The van der Waals surface area contributed by atoms with Crippen LogP contribution >= 0.6 is 24.0 Å². The fourth-order valence-electron chi connectivity index (χ4n) is 3.51. The Kier molecular flexibility index (Phi) is 8.65. The van der Waals surface area contributed by atoms with E-state index in [4.69, 9.17) is 9.41 Å². The van der Waals surface area contributed by atoms with Gasteiger partial charge in [0, 0.05) is 17.8 Å². The lowest BCUT2D eigenvalue weighted by Crippen LogP contribution is -2.36. The average molecular weight is 556 g/mol. The maximum atomic E-state index is 5.63. The van der Waals surface area contributed by atoms with Crippen LogP contribution in [-0.4, -0.2) is 27.3 Å². The average Bonchev–Trinajstić information content (AvgIpc) is 3.42. The van der Waals surface area contributed by atoms with Crippen LogP contribution in [-0.2, 0) is 13.1 Å². The van der Waals surface area contributed by atoms with Crippen LogP contribution in [0.25, 0.3) is 17.1 Å². The van der Waals surface area contributed by atoms with Crippen molar-refractivity contribution in [2.24, 2.45) is 4.99 Å². The first-order valence-electron chi connectivity index (χ1n) is 10.8. The lowest BCUT2D eigenvalue weighted by molar-refractivity contribution is 0.572. The number of guanidine groups is 1. The van der Waals surface area contributed by atoms with Crippen molar-refractivity contribution in [1.82, 2.24) is 25.4 Å². The minimum atomic E-state index is 0. The molecule has 0 fully saturated rings. The van der Waals surface area contributed by atoms with E-state index in [9.17, 15) is 0 Å². The summed E-state index contributed by atoms with van der Waals surface area (Å²) in [6, 6.07) is 20.2. The van der Waals surface area contributed by atoms with Crippen molar-refractivity contribution in [3.63, 3.8) is 0 Å². The molecule has 2 heterocycles. The molecule has 2 aromatic heterocycles. The lowest BCUT2D eigenvalue weighted by atomic mass is 10.2. The minimum Gasteiger partial charge on any atom is -0.444 e. The molecule has 0 aliphatic carbocycles. The third kappa shape index (κ3) is 6.22. The van der Waals surface area contributed by atoms with Crippen LogP contribution in [0.4, 0.5) is 0 Å². The molecule has 0 bridgehead atoms. The van der Waals surface area contributed by atoms with Crippen molar-refractivity contribution >= 4 is 29.9 Å². The normalized spacial score (nSPS) is 11.2. The Balaban J connectivity index is 0.00000306. The molecule has 7 nitrogen and oxygen atoms in total. The largest absolute Gasteiger partial charge is 0.444 e. The molecule has 0 saturated carbocycles. The first-order chi connectivity index (χ1) is 15.6. The van der Waals surface area contributed by atoms with Crippen molar-refractivity contribution in [3.8, 4) is 17.1 Å². The van der Waals surface area contributed by atoms with E-state index in [1.165, 1.54) is 0 Å². The second-order valence-electron chi connectivity index (χ2n) is 7.53. The monoisotopic (exact) mass is 556 g/mol. The molecule has 0 atom stereocenters. The second-order valence-corrected chi connectivity index (χ2v) is 7.53. The summed E-state index contributed by atoms with van der Waals surface area (Å²) < 4.78 is 7.60. The van der Waals surface area contributed by atoms with E-state index in [-0.39, 0.29) is 24.0 Å². The number of nitrogens with one attached hydrogen (secondary N) is 2. The van der Waals surface area contributed by atoms with Gasteiger partial charge in [0.05, 0.1) is 30.2 Å². The highest BCUT2D eigenvalue weighted by atomic mass is 127. The van der Waals surface area contributed by atoms with Gasteiger partial charge in [0.25, 0.3) is 0 Å². The Bertz CT molecular complexity index is 1200. The Labute approximate surface area is 211 Å². The Morgan fingerprint density at radius 2 is 1.79 bits per heavy atom. The highest BCUT2D eigenvalue weighted by molar-refractivity contribution is 14.0. The molecule has 0 unspecified atom stereocenters. The molecule has 8 heteroatoms. The molecule has 33 heavy (non-hydrogen) atoms. The van der Waals surface area contributed by atoms with Crippen LogP contribution in [0.5, 0.6) is 0 Å². The van der Waals surface area contributed by atoms with Gasteiger partial charge < -0.3 is 15.1 Å². The summed E-state index contributed by atoms with van der Waals surface area (Å²) >= 11 is 0. The van der Waals surface area contributed by atoms with E-state index in [1.807, 2.05) is 61.0 Å². The summed E-state index contributed by atoms with van der Waals surface area (Å²) in [5.41, 5.74) is 6.02. The summed E-state index contributed by atoms with van der Waals surface area (Å²) in [4.78, 5) is 9.35. The van der Waals surface area contributed by atoms with Gasteiger partial charge in [-0.2, -0.15) is 5.10 Å². The van der Waals surface area contributed by atoms with Crippen molar-refractivity contribution in [3.05, 3.63) is 89.6 Å². The number of nitrogens with zero attached hydrogens (tertiary/aromatic N) is 4. The van der Waals surface area contributed by atoms with E-state index in [0.29, 0.717) is 19.0 Å². The van der Waals surface area contributed by atoms with Gasteiger partial charge >= 0.3 is 0 Å². The molecule has 172 valence electrons. The molecule has 0 saturated heterocycles. The summed E-state index contributed by atoms with van der Waals surface area (Å²) in [6.45, 7) is 7.92. The number of hydrogen-bond donors (Lipinski definition) is 2. The summed E-state index contributed by atoms with van der Waals surface area (Å²) in [5.74, 6) is 1.34. The Hall–Kier alpha value is -3.14. The van der Waals surface area contributed by atoms with Crippen molar-refractivity contribution in [1.29, 1.82) is 0 Å². The number of aryl methyl sites for hydroxylation is 2. The van der Waals surface area contributed by atoms with E-state index in [1.54, 1.807) is 6.26 Å². The summed E-state index contributed by atoms with van der Waals surface area (Å²) in [5, 5.41) is 11.3. The molecule has 0 aliphatic rings. The number of rotatable bonds is 7. The molecule has 2 aromatic carbocycles. The second kappa shape index (κ2) is 11.6. The summed E-state index contributed by atoms with van der Waals surface area (Å²) in [7, 11) is 0. The molecular weight excluding hydrogens is 527 g/mol. The zero-order chi connectivity index (χ0) is 22.3. The fourth-order valence-corrected chi connectivity index (χ4v) is 3.51. The van der Waals surface area contributed by atoms with Crippen LogP contribution in [0.2, 0.25) is 0 Å². The molecule has 2 N–H and O–H groups in total. The maximum Gasteiger partial charge on any atom is 0.226 e. The Morgan fingerprint density at radius 3 is 2.52 bits per heavy atom. The van der Waals surface area contributed by atoms with Gasteiger partial charge in [-0.15, -0.1) is 24.0 Å². The van der Waals surface area contributed by atoms with Gasteiger partial charge in [-0.25, -0.2) is 14.7 Å². The Morgan fingerprint density at radius 1 is 1.03 bits per heavy atom. The maximum absolute atomic E-state index is 5.63. The van der Waals surface area contributed by atoms with Crippen LogP contribution < -0.4 is 10.6 Å². The van der Waals surface area contributed by atoms with Crippen LogP contribution in [0.3, 0.4) is 0 Å². The van der Waals surface area contributed by atoms with Gasteiger partial charge in [0.2, 0.25) is 5.89 Å². The number of para-hydroxylation sites is 1. The standard InChI is InChI=1S/C25H28N6O.HI/c1-4-26-25(28-16-22-17-32-24(29-22)20-10-6-5-7-11-20)27-15-21-12-8-9-13-23(21)31-19(3)14-18(2)30-31;/h5-14,17H,4,15-16H2,1-3H3,(H2,26,27,28);1H. The number of hydrogen-bond acceptors (Lipinski definition) is 4. The van der Waals surface area contributed by atoms with Gasteiger partial charge in [-0.1, -0.05) is 36.4 Å². The minimum absolute atomic E-state index is 0. The number of aliphatic imine (C=N–C) groups is 1. The van der Waals surface area contributed by atoms with Crippen LogP contribution in [0, 0.1) is 13.8 Å². The molecule has 0 aliphatic heterocycles. The van der Waals surface area contributed by atoms with Crippen molar-refractivity contribution in [2.45, 2.75) is 33.9 Å². The molecular formula is C25H29IN6O. The van der Waals surface area contributed by atoms with Crippen molar-refractivity contribution in [2.75, 3.05) is 6.54 Å². The lowest BCUT2D eigenvalue weighted by Gasteiger charge is -2.12. The highest BCUT2D eigenvalue weighted by Gasteiger charge is 2.10. The SMILES string of the molecule is CCNC(=NCc1ccccc1-n1nc(C)cc1C)NCc1coc(-c2ccccc2)n1.I. The van der Waals surface area contributed by atoms with Gasteiger partial charge in [0.1, 0.15) is 6.26 Å². The van der Waals surface area contributed by atoms with E-state index in [2.05, 4.69) is 45.8 Å². The quantitative estimate of drug-likeness (QED) is 0.190. The topological polar surface area (TPSA) is 80.3 Å². The number of oxazole rings is 1. The van der Waals surface area contributed by atoms with Crippen LogP contribution in [0.15, 0.2) is 76.3 Å². The van der Waals surface area contributed by atoms with E-state index >= 15 is 0 Å². The predicted molar refractivity (Wildman–Crippen MR) is 142 cm³/mol. The third-order valence-electron chi connectivity index (χ3n) is 4.99. The molecule has 4 aromatic rings. The zero-order valence-corrected chi connectivity index (χ0v) is 21.4. The number of benzene rings is 2. The zero-order valence-electron chi connectivity index (χ0n) is 19.1. The smallest absolute Gasteiger partial charge is 0.226 e. The fraction of sp³-hybridized carbons (Fsp3) is 0.240. The van der Waals surface area contributed by atoms with Crippen molar-refractivity contribution < 1.29 is 4.42 Å². The molecule has 0 radical (unpaired) electrons. The van der Waals surface area contributed by atoms with E-state index in [0.717, 1.165) is 46.4 Å². The van der Waals surface area contributed by atoms with Gasteiger partial charge in [0.15, 0.2) is 5.96 Å². The van der Waals surface area contributed by atoms with E-state index < -0.39 is 0 Å². The molecule has 0 amide bonds. The first kappa shape index (κ1) is 24.5. The third-order valence-corrected chi connectivity index (χ3v) is 4.99. The molecule has 4 rings (SSSR count). The molecule has 0 spiro atoms. The van der Waals surface area contributed by atoms with Gasteiger partial charge in [-0.05, 0) is 50.6 Å². The van der Waals surface area contributed by atoms with Crippen LogP contribution in [0.1, 0.15) is 29.6 Å². The van der Waals surface area contributed by atoms with Gasteiger partial charge in [-0.3, -0.25) is 0 Å².